The second kappa shape index (κ2) is 7.97. The largest absolute Gasteiger partial charge is 0.381 e. The van der Waals surface area contributed by atoms with Crippen LogP contribution >= 0.6 is 0 Å². The first-order valence-corrected chi connectivity index (χ1v) is 8.88. The molecule has 2 amide bonds. The molecule has 1 N–H and O–H groups in total. The highest BCUT2D eigenvalue weighted by Gasteiger charge is 2.22. The third-order valence-electron chi connectivity index (χ3n) is 4.73. The number of fused-ring (bicyclic) bond motifs is 1. The van der Waals surface area contributed by atoms with Crippen molar-refractivity contribution in [3.63, 3.8) is 0 Å². The molecule has 0 bridgehead atoms. The number of hydrogen-bond acceptors (Lipinski definition) is 5. The Hall–Kier alpha value is -1.93. The van der Waals surface area contributed by atoms with Crippen LogP contribution in [0.15, 0.2) is 10.9 Å². The van der Waals surface area contributed by atoms with Crippen LogP contribution in [0.1, 0.15) is 24.4 Å². The lowest BCUT2D eigenvalue weighted by molar-refractivity contribution is 0.164. The second-order valence-corrected chi connectivity index (χ2v) is 7.02. The van der Waals surface area contributed by atoms with Crippen LogP contribution in [0.3, 0.4) is 0 Å². The summed E-state index contributed by atoms with van der Waals surface area (Å²) in [4.78, 5) is 32.6. The fourth-order valence-electron chi connectivity index (χ4n) is 3.36. The summed E-state index contributed by atoms with van der Waals surface area (Å²) in [6.07, 6.45) is 2.05. The van der Waals surface area contributed by atoms with Gasteiger partial charge in [-0.3, -0.25) is 14.3 Å². The van der Waals surface area contributed by atoms with Crippen molar-refractivity contribution in [3.05, 3.63) is 27.9 Å². The number of aromatic nitrogens is 2. The van der Waals surface area contributed by atoms with Crippen LogP contribution in [0.2, 0.25) is 0 Å². The zero-order valence-electron chi connectivity index (χ0n) is 15.0. The van der Waals surface area contributed by atoms with Crippen LogP contribution in [0.25, 0.3) is 0 Å². The predicted octanol–water partition coefficient (Wildman–Crippen LogP) is 0.257. The molecule has 8 nitrogen and oxygen atoms in total. The predicted molar refractivity (Wildman–Crippen MR) is 93.2 cm³/mol. The quantitative estimate of drug-likeness (QED) is 0.843. The highest BCUT2D eigenvalue weighted by molar-refractivity contribution is 5.73. The van der Waals surface area contributed by atoms with Crippen LogP contribution in [0.4, 0.5) is 4.79 Å². The maximum atomic E-state index is 12.4. The summed E-state index contributed by atoms with van der Waals surface area (Å²) in [7, 11) is 3.36. The van der Waals surface area contributed by atoms with Gasteiger partial charge in [0.2, 0.25) is 0 Å². The summed E-state index contributed by atoms with van der Waals surface area (Å²) < 4.78 is 7.24. The monoisotopic (exact) mass is 349 g/mol. The smallest absolute Gasteiger partial charge is 0.317 e. The van der Waals surface area contributed by atoms with Gasteiger partial charge in [0.05, 0.1) is 25.4 Å². The zero-order valence-corrected chi connectivity index (χ0v) is 15.0. The fraction of sp³-hybridized carbons (Fsp3) is 0.706. The topological polar surface area (TPSA) is 79.7 Å². The third kappa shape index (κ3) is 4.58. The van der Waals surface area contributed by atoms with E-state index in [0.717, 1.165) is 45.0 Å². The van der Waals surface area contributed by atoms with Crippen molar-refractivity contribution in [1.82, 2.24) is 24.7 Å². The molecule has 3 heterocycles. The van der Waals surface area contributed by atoms with E-state index in [4.69, 9.17) is 4.74 Å². The van der Waals surface area contributed by atoms with Crippen molar-refractivity contribution in [2.24, 2.45) is 5.92 Å². The third-order valence-corrected chi connectivity index (χ3v) is 4.73. The molecule has 1 unspecified atom stereocenters. The van der Waals surface area contributed by atoms with Crippen LogP contribution in [0.5, 0.6) is 0 Å². The van der Waals surface area contributed by atoms with Crippen LogP contribution < -0.4 is 10.9 Å². The molecule has 1 saturated heterocycles. The number of ether oxygens (including phenoxy) is 1. The minimum absolute atomic E-state index is 0.0369. The molecule has 1 aromatic heterocycles. The Kier molecular flexibility index (Phi) is 5.70. The number of carbonyl (C=O) groups excluding carboxylic acids is 1. The average molecular weight is 349 g/mol. The lowest BCUT2D eigenvalue weighted by Gasteiger charge is -2.22. The van der Waals surface area contributed by atoms with E-state index in [-0.39, 0.29) is 18.1 Å². The molecule has 0 aliphatic carbocycles. The number of urea groups is 1. The maximum Gasteiger partial charge on any atom is 0.317 e. The van der Waals surface area contributed by atoms with Gasteiger partial charge in [-0.2, -0.15) is 0 Å². The van der Waals surface area contributed by atoms with Gasteiger partial charge in [-0.1, -0.05) is 0 Å². The molecule has 3 rings (SSSR count). The molecule has 0 spiro atoms. The number of amides is 2. The molecule has 2 aliphatic rings. The van der Waals surface area contributed by atoms with Crippen molar-refractivity contribution in [1.29, 1.82) is 0 Å². The van der Waals surface area contributed by atoms with E-state index in [2.05, 4.69) is 15.2 Å². The summed E-state index contributed by atoms with van der Waals surface area (Å²) in [5.41, 5.74) is 0.572. The van der Waals surface area contributed by atoms with Crippen LogP contribution in [0, 0.1) is 5.92 Å². The molecule has 0 radical (unpaired) electrons. The molecule has 0 aromatic carbocycles. The first-order chi connectivity index (χ1) is 12.0. The Labute approximate surface area is 147 Å². The summed E-state index contributed by atoms with van der Waals surface area (Å²) >= 11 is 0. The summed E-state index contributed by atoms with van der Waals surface area (Å²) in [5, 5.41) is 2.76. The van der Waals surface area contributed by atoms with Gasteiger partial charge in [0, 0.05) is 46.4 Å². The number of hydrogen-bond donors (Lipinski definition) is 1. The normalized spacial score (nSPS) is 20.8. The fourth-order valence-corrected chi connectivity index (χ4v) is 3.36. The number of nitrogens with zero attached hydrogens (tertiary/aromatic N) is 4. The van der Waals surface area contributed by atoms with Crippen molar-refractivity contribution < 1.29 is 9.53 Å². The number of carbonyl (C=O) groups is 1. The number of rotatable bonds is 4. The summed E-state index contributed by atoms with van der Waals surface area (Å²) in [6.45, 7) is 5.25. The second-order valence-electron chi connectivity index (χ2n) is 7.02. The first-order valence-electron chi connectivity index (χ1n) is 8.88. The standard InChI is InChI=1S/C17H27N5O3/c1-20(2)17(24)18-9-14-8-16(23)22-6-3-5-21(11-15(22)19-14)10-13-4-7-25-12-13/h8,13H,3-7,9-12H2,1-2H3,(H,18,24). The van der Waals surface area contributed by atoms with E-state index in [1.54, 1.807) is 18.7 Å². The molecule has 1 aromatic rings. The van der Waals surface area contributed by atoms with E-state index < -0.39 is 0 Å². The van der Waals surface area contributed by atoms with E-state index in [0.29, 0.717) is 24.7 Å². The highest BCUT2D eigenvalue weighted by atomic mass is 16.5. The molecule has 25 heavy (non-hydrogen) atoms. The first kappa shape index (κ1) is 17.9. The molecule has 8 heteroatoms. The molecular weight excluding hydrogens is 322 g/mol. The minimum Gasteiger partial charge on any atom is -0.381 e. The van der Waals surface area contributed by atoms with Gasteiger partial charge in [0.25, 0.3) is 5.56 Å². The Bertz CT molecular complexity index is 667. The van der Waals surface area contributed by atoms with E-state index in [1.165, 1.54) is 11.0 Å². The maximum absolute atomic E-state index is 12.4. The van der Waals surface area contributed by atoms with E-state index in [9.17, 15) is 9.59 Å². The van der Waals surface area contributed by atoms with Crippen molar-refractivity contribution in [2.75, 3.05) is 40.4 Å². The van der Waals surface area contributed by atoms with Gasteiger partial charge in [-0.15, -0.1) is 0 Å². The molecule has 0 saturated carbocycles. The van der Waals surface area contributed by atoms with Crippen molar-refractivity contribution >= 4 is 6.03 Å². The number of nitrogens with one attached hydrogen (secondary N) is 1. The summed E-state index contributed by atoms with van der Waals surface area (Å²) in [5.74, 6) is 1.36. The Balaban J connectivity index is 1.71. The van der Waals surface area contributed by atoms with E-state index in [1.807, 2.05) is 0 Å². The SMILES string of the molecule is CN(C)C(=O)NCc1cc(=O)n2c(n1)CN(CC1CCOC1)CCC2. The molecule has 138 valence electrons. The van der Waals surface area contributed by atoms with Gasteiger partial charge in [0.15, 0.2) is 0 Å². The lowest BCUT2D eigenvalue weighted by atomic mass is 10.1. The molecule has 2 aliphatic heterocycles. The molecule has 1 fully saturated rings. The average Bonchev–Trinajstić information content (AvgIpc) is 2.98. The van der Waals surface area contributed by atoms with E-state index >= 15 is 0 Å². The van der Waals surface area contributed by atoms with Crippen LogP contribution in [-0.2, 0) is 24.4 Å². The Morgan fingerprint density at radius 1 is 1.44 bits per heavy atom. The summed E-state index contributed by atoms with van der Waals surface area (Å²) in [6, 6.07) is 1.33. The van der Waals surface area contributed by atoms with Gasteiger partial charge >= 0.3 is 6.03 Å². The lowest BCUT2D eigenvalue weighted by Crippen LogP contribution is -2.35. The highest BCUT2D eigenvalue weighted by Crippen LogP contribution is 2.17. The van der Waals surface area contributed by atoms with Gasteiger partial charge in [-0.25, -0.2) is 9.78 Å². The Morgan fingerprint density at radius 2 is 2.28 bits per heavy atom. The molecular formula is C17H27N5O3. The van der Waals surface area contributed by atoms with Crippen LogP contribution in [-0.4, -0.2) is 65.8 Å². The van der Waals surface area contributed by atoms with Crippen molar-refractivity contribution in [2.45, 2.75) is 32.5 Å². The zero-order chi connectivity index (χ0) is 17.8. The minimum atomic E-state index is -0.195. The van der Waals surface area contributed by atoms with Gasteiger partial charge in [0.1, 0.15) is 5.82 Å². The molecule has 1 atom stereocenters. The van der Waals surface area contributed by atoms with Gasteiger partial charge in [-0.05, 0) is 18.8 Å². The van der Waals surface area contributed by atoms with Gasteiger partial charge < -0.3 is 15.0 Å². The Morgan fingerprint density at radius 3 is 3.00 bits per heavy atom. The van der Waals surface area contributed by atoms with Crippen molar-refractivity contribution in [3.8, 4) is 0 Å².